The largest absolute Gasteiger partial charge is 0.366 e. The van der Waals surface area contributed by atoms with E-state index in [1.807, 2.05) is 0 Å². The topological polar surface area (TPSA) is 89.3 Å². The van der Waals surface area contributed by atoms with Crippen LogP contribution in [0, 0.1) is 0 Å². The zero-order chi connectivity index (χ0) is 14.7. The molecule has 0 spiro atoms. The Morgan fingerprint density at radius 3 is 2.40 bits per heavy atom. The number of carbonyl (C=O) groups is 3. The number of carbonyl (C=O) groups excluding carboxylic acids is 3. The van der Waals surface area contributed by atoms with Crippen molar-refractivity contribution in [1.82, 2.24) is 0 Å². The van der Waals surface area contributed by atoms with Gasteiger partial charge in [-0.25, -0.2) is 0 Å². The number of hydrogen-bond donors (Lipinski definition) is 2. The molecule has 5 nitrogen and oxygen atoms in total. The zero-order valence-corrected chi connectivity index (χ0v) is 11.5. The van der Waals surface area contributed by atoms with Crippen molar-refractivity contribution in [2.24, 2.45) is 5.73 Å². The van der Waals surface area contributed by atoms with E-state index >= 15 is 0 Å². The van der Waals surface area contributed by atoms with E-state index in [2.05, 4.69) is 5.32 Å². The summed E-state index contributed by atoms with van der Waals surface area (Å²) in [7, 11) is 0. The van der Waals surface area contributed by atoms with Gasteiger partial charge in [-0.1, -0.05) is 24.3 Å². The van der Waals surface area contributed by atoms with Crippen molar-refractivity contribution in [2.75, 3.05) is 5.32 Å². The number of anilines is 1. The Morgan fingerprint density at radius 2 is 1.90 bits per heavy atom. The van der Waals surface area contributed by atoms with Crippen LogP contribution in [0.5, 0.6) is 0 Å². The van der Waals surface area contributed by atoms with Crippen molar-refractivity contribution in [3.63, 3.8) is 0 Å². The van der Waals surface area contributed by atoms with E-state index in [0.29, 0.717) is 10.6 Å². The fraction of sp³-hybridized carbons (Fsp3) is 0.0714. The molecule has 2 rings (SSSR count). The first kappa shape index (κ1) is 14.0. The molecule has 0 unspecified atom stereocenters. The van der Waals surface area contributed by atoms with Crippen LogP contribution in [0.15, 0.2) is 30.3 Å². The molecule has 102 valence electrons. The number of hydrogen-bond acceptors (Lipinski definition) is 4. The highest BCUT2D eigenvalue weighted by atomic mass is 32.1. The van der Waals surface area contributed by atoms with E-state index in [0.717, 1.165) is 16.7 Å². The Kier molecular flexibility index (Phi) is 3.95. The monoisotopic (exact) mass is 288 g/mol. The summed E-state index contributed by atoms with van der Waals surface area (Å²) >= 11 is 1.26. The Labute approximate surface area is 119 Å². The predicted molar refractivity (Wildman–Crippen MR) is 78.0 cm³/mol. The third-order valence-corrected chi connectivity index (χ3v) is 3.72. The Hall–Kier alpha value is -2.47. The smallest absolute Gasteiger partial charge is 0.251 e. The number of thiophene rings is 1. The van der Waals surface area contributed by atoms with E-state index < -0.39 is 5.91 Å². The lowest BCUT2D eigenvalue weighted by atomic mass is 10.1. The van der Waals surface area contributed by atoms with E-state index in [1.165, 1.54) is 18.3 Å². The highest BCUT2D eigenvalue weighted by molar-refractivity contribution is 7.20. The second kappa shape index (κ2) is 5.66. The molecule has 0 aliphatic rings. The molecular weight excluding hydrogens is 276 g/mol. The van der Waals surface area contributed by atoms with Crippen LogP contribution in [0.1, 0.15) is 27.6 Å². The fourth-order valence-corrected chi connectivity index (χ4v) is 2.81. The molecule has 0 radical (unpaired) electrons. The second-order valence-electron chi connectivity index (χ2n) is 4.14. The molecule has 0 bridgehead atoms. The van der Waals surface area contributed by atoms with Crippen LogP contribution in [0.3, 0.4) is 0 Å². The molecule has 0 aliphatic carbocycles. The summed E-state index contributed by atoms with van der Waals surface area (Å²) in [5.74, 6) is -0.863. The van der Waals surface area contributed by atoms with E-state index in [4.69, 9.17) is 5.73 Å². The van der Waals surface area contributed by atoms with Gasteiger partial charge in [0.1, 0.15) is 11.3 Å². The lowest BCUT2D eigenvalue weighted by Gasteiger charge is -1.99. The van der Waals surface area contributed by atoms with Gasteiger partial charge in [-0.2, -0.15) is 0 Å². The third-order valence-electron chi connectivity index (χ3n) is 2.62. The summed E-state index contributed by atoms with van der Waals surface area (Å²) in [6.07, 6.45) is 0.760. The first-order valence-corrected chi connectivity index (χ1v) is 6.59. The number of benzene rings is 1. The van der Waals surface area contributed by atoms with Gasteiger partial charge in [-0.05, 0) is 11.6 Å². The maximum absolute atomic E-state index is 11.4. The summed E-state index contributed by atoms with van der Waals surface area (Å²) < 4.78 is 0. The molecule has 0 saturated heterocycles. The van der Waals surface area contributed by atoms with Crippen LogP contribution in [-0.2, 0) is 4.79 Å². The molecular formula is C14H12N2O3S. The number of aldehydes is 1. The summed E-state index contributed by atoms with van der Waals surface area (Å²) in [4.78, 5) is 33.9. The van der Waals surface area contributed by atoms with Crippen LogP contribution >= 0.6 is 11.3 Å². The van der Waals surface area contributed by atoms with Gasteiger partial charge in [0.05, 0.1) is 5.56 Å². The Bertz CT molecular complexity index is 674. The van der Waals surface area contributed by atoms with Gasteiger partial charge < -0.3 is 11.1 Å². The van der Waals surface area contributed by atoms with Gasteiger partial charge in [-0.15, -0.1) is 11.3 Å². The van der Waals surface area contributed by atoms with Crippen molar-refractivity contribution >= 4 is 34.4 Å². The average molecular weight is 288 g/mol. The van der Waals surface area contributed by atoms with Crippen molar-refractivity contribution < 1.29 is 14.4 Å². The standard InChI is InChI=1S/C14H12N2O3S/c1-8(18)16-14-11(13(15)19)6-12(20-14)10-4-2-9(7-17)3-5-10/h2-7H,1H3,(H2,15,19)(H,16,18). The lowest BCUT2D eigenvalue weighted by molar-refractivity contribution is -0.114. The lowest BCUT2D eigenvalue weighted by Crippen LogP contribution is -2.14. The maximum Gasteiger partial charge on any atom is 0.251 e. The second-order valence-corrected chi connectivity index (χ2v) is 5.19. The van der Waals surface area contributed by atoms with Crippen molar-refractivity contribution in [3.8, 4) is 10.4 Å². The van der Waals surface area contributed by atoms with Crippen molar-refractivity contribution in [2.45, 2.75) is 6.92 Å². The van der Waals surface area contributed by atoms with Gasteiger partial charge in [0.2, 0.25) is 5.91 Å². The fourth-order valence-electron chi connectivity index (χ4n) is 1.70. The van der Waals surface area contributed by atoms with Crippen molar-refractivity contribution in [3.05, 3.63) is 41.5 Å². The SMILES string of the molecule is CC(=O)Nc1sc(-c2ccc(C=O)cc2)cc1C(N)=O. The van der Waals surface area contributed by atoms with Crippen LogP contribution in [0.4, 0.5) is 5.00 Å². The maximum atomic E-state index is 11.4. The summed E-state index contributed by atoms with van der Waals surface area (Å²) in [6.45, 7) is 1.36. The molecule has 0 aliphatic heterocycles. The highest BCUT2D eigenvalue weighted by Gasteiger charge is 2.15. The van der Waals surface area contributed by atoms with E-state index in [1.54, 1.807) is 30.3 Å². The summed E-state index contributed by atoms with van der Waals surface area (Å²) in [6, 6.07) is 8.55. The molecule has 1 aromatic heterocycles. The third kappa shape index (κ3) is 2.92. The molecule has 1 heterocycles. The van der Waals surface area contributed by atoms with Crippen LogP contribution in [0.2, 0.25) is 0 Å². The first-order valence-electron chi connectivity index (χ1n) is 5.78. The van der Waals surface area contributed by atoms with Gasteiger partial charge in [-0.3, -0.25) is 14.4 Å². The number of nitrogens with two attached hydrogens (primary N) is 1. The number of nitrogens with one attached hydrogen (secondary N) is 1. The van der Waals surface area contributed by atoms with Crippen LogP contribution in [-0.4, -0.2) is 18.1 Å². The molecule has 20 heavy (non-hydrogen) atoms. The predicted octanol–water partition coefficient (Wildman–Crippen LogP) is 2.28. The first-order chi connectivity index (χ1) is 9.51. The highest BCUT2D eigenvalue weighted by Crippen LogP contribution is 2.35. The number of rotatable bonds is 4. The number of amides is 2. The minimum atomic E-state index is -0.597. The molecule has 3 N–H and O–H groups in total. The normalized spacial score (nSPS) is 10.1. The van der Waals surface area contributed by atoms with E-state index in [-0.39, 0.29) is 11.5 Å². The van der Waals surface area contributed by atoms with Gasteiger partial charge in [0.15, 0.2) is 0 Å². The zero-order valence-electron chi connectivity index (χ0n) is 10.7. The Morgan fingerprint density at radius 1 is 1.25 bits per heavy atom. The molecule has 2 aromatic rings. The average Bonchev–Trinajstić information content (AvgIpc) is 2.82. The Balaban J connectivity index is 2.43. The number of primary amides is 1. The van der Waals surface area contributed by atoms with Crippen molar-refractivity contribution in [1.29, 1.82) is 0 Å². The van der Waals surface area contributed by atoms with Gasteiger partial charge >= 0.3 is 0 Å². The molecule has 0 atom stereocenters. The van der Waals surface area contributed by atoms with Gasteiger partial charge in [0, 0.05) is 17.4 Å². The van der Waals surface area contributed by atoms with Crippen LogP contribution < -0.4 is 11.1 Å². The minimum Gasteiger partial charge on any atom is -0.366 e. The molecule has 6 heteroatoms. The van der Waals surface area contributed by atoms with Gasteiger partial charge in [0.25, 0.3) is 5.91 Å². The molecule has 0 fully saturated rings. The summed E-state index contributed by atoms with van der Waals surface area (Å²) in [5.41, 5.74) is 6.99. The minimum absolute atomic E-state index is 0.266. The van der Waals surface area contributed by atoms with E-state index in [9.17, 15) is 14.4 Å². The molecule has 1 aromatic carbocycles. The molecule has 2 amide bonds. The summed E-state index contributed by atoms with van der Waals surface area (Å²) in [5, 5.41) is 3.02. The molecule has 0 saturated carbocycles. The van der Waals surface area contributed by atoms with Crippen LogP contribution in [0.25, 0.3) is 10.4 Å². The quantitative estimate of drug-likeness (QED) is 0.846.